The van der Waals surface area contributed by atoms with E-state index in [9.17, 15) is 8.78 Å². The van der Waals surface area contributed by atoms with Crippen LogP contribution in [0.2, 0.25) is 0 Å². The van der Waals surface area contributed by atoms with Crippen LogP contribution in [0.4, 0.5) is 23.4 Å². The summed E-state index contributed by atoms with van der Waals surface area (Å²) in [5.41, 5.74) is 2.87. The van der Waals surface area contributed by atoms with Gasteiger partial charge in [-0.3, -0.25) is 10.00 Å². The summed E-state index contributed by atoms with van der Waals surface area (Å²) in [7, 11) is 0. The number of allylic oxidation sites excluding steroid dienone is 2. The van der Waals surface area contributed by atoms with Crippen LogP contribution in [0.5, 0.6) is 0 Å². The number of benzene rings is 1. The van der Waals surface area contributed by atoms with Gasteiger partial charge in [-0.15, -0.1) is 0 Å². The molecule has 2 N–H and O–H groups in total. The Labute approximate surface area is 273 Å². The molecule has 2 bridgehead atoms. The van der Waals surface area contributed by atoms with Gasteiger partial charge in [-0.25, -0.2) is 18.7 Å². The first-order valence-electron chi connectivity index (χ1n) is 17.3. The van der Waals surface area contributed by atoms with Crippen LogP contribution in [0.15, 0.2) is 18.3 Å². The highest BCUT2D eigenvalue weighted by Crippen LogP contribution is 2.46. The molecule has 0 saturated carbocycles. The topological polar surface area (TPSA) is 73.0 Å². The second-order valence-corrected chi connectivity index (χ2v) is 14.3. The van der Waals surface area contributed by atoms with Gasteiger partial charge in [0.1, 0.15) is 17.8 Å². The van der Waals surface area contributed by atoms with E-state index in [1.807, 2.05) is 0 Å². The second kappa shape index (κ2) is 12.6. The van der Waals surface area contributed by atoms with Gasteiger partial charge < -0.3 is 10.2 Å². The van der Waals surface area contributed by atoms with Gasteiger partial charge in [0.15, 0.2) is 5.83 Å². The number of hydrogen-bond donors (Lipinski definition) is 2. The average molecular weight is 652 g/mol. The maximum atomic E-state index is 16.7. The zero-order valence-corrected chi connectivity index (χ0v) is 27.8. The van der Waals surface area contributed by atoms with E-state index in [-0.39, 0.29) is 34.2 Å². The number of hydrogen-bond acceptors (Lipinski definition) is 6. The van der Waals surface area contributed by atoms with Crippen LogP contribution < -0.4 is 10.2 Å². The number of H-pyrrole nitrogens is 1. The molecule has 1 aromatic carbocycles. The minimum atomic E-state index is -2.43. The van der Waals surface area contributed by atoms with Crippen molar-refractivity contribution in [3.8, 4) is 0 Å². The Morgan fingerprint density at radius 3 is 2.60 bits per heavy atom. The fourth-order valence-corrected chi connectivity index (χ4v) is 8.87. The number of aromatic amines is 1. The van der Waals surface area contributed by atoms with E-state index in [1.54, 1.807) is 19.9 Å². The minimum absolute atomic E-state index is 0.0168. The third-order valence-corrected chi connectivity index (χ3v) is 11.1. The zero-order chi connectivity index (χ0) is 33.0. The summed E-state index contributed by atoms with van der Waals surface area (Å²) in [6.45, 7) is 11.8. The fourth-order valence-electron chi connectivity index (χ4n) is 8.87. The molecule has 4 atom stereocenters. The van der Waals surface area contributed by atoms with Gasteiger partial charge in [0, 0.05) is 71.2 Å². The lowest BCUT2D eigenvalue weighted by atomic mass is 9.80. The molecule has 3 fully saturated rings. The summed E-state index contributed by atoms with van der Waals surface area (Å²) in [6.07, 6.45) is 5.81. The molecule has 7 rings (SSSR count). The van der Waals surface area contributed by atoms with Gasteiger partial charge >= 0.3 is 6.08 Å². The minimum Gasteiger partial charge on any atom is -0.353 e. The number of alkyl halides is 1. The number of nitrogens with one attached hydrogen (secondary N) is 2. The lowest BCUT2D eigenvalue weighted by Gasteiger charge is -2.37. The largest absolute Gasteiger partial charge is 0.353 e. The van der Waals surface area contributed by atoms with Crippen molar-refractivity contribution < 1.29 is 17.6 Å². The Morgan fingerprint density at radius 2 is 1.87 bits per heavy atom. The molecule has 7 nitrogen and oxygen atoms in total. The standard InChI is InChI=1S/C36H45F4N7/c1-5-13-47-14-7-12-36(47,4)11-6-8-28-43-33-21(3)30(31-25-17-41-45-27(25)15-20(2)29(31)32(38)34(39)40)26(37)16-24(33)35(44-28)46-18-22-9-10-23(19-46)42-22/h15,17,22-23,26,42H,5-14,16,18-19H2,1-4H3,(H,41,45)/t22?,23?,26?,36-/m1/s1. The maximum Gasteiger partial charge on any atom is 0.306 e. The van der Waals surface area contributed by atoms with Gasteiger partial charge in [0.2, 0.25) is 0 Å². The molecule has 3 unspecified atom stereocenters. The molecule has 11 heteroatoms. The molecular formula is C36H45F4N7. The summed E-state index contributed by atoms with van der Waals surface area (Å²) in [4.78, 5) is 15.1. The van der Waals surface area contributed by atoms with E-state index < -0.39 is 18.1 Å². The molecule has 0 radical (unpaired) electrons. The number of piperazine rings is 1. The summed E-state index contributed by atoms with van der Waals surface area (Å²) < 4.78 is 59.6. The number of fused-ring (bicyclic) bond motifs is 4. The normalized spacial score (nSPS) is 26.0. The summed E-state index contributed by atoms with van der Waals surface area (Å²) >= 11 is 0. The summed E-state index contributed by atoms with van der Waals surface area (Å²) in [5, 5.41) is 11.0. The number of aromatic nitrogens is 4. The van der Waals surface area contributed by atoms with E-state index in [0.29, 0.717) is 46.5 Å². The van der Waals surface area contributed by atoms with Gasteiger partial charge in [0.25, 0.3) is 0 Å². The predicted octanol–water partition coefficient (Wildman–Crippen LogP) is 7.55. The van der Waals surface area contributed by atoms with Crippen LogP contribution in [-0.2, 0) is 12.8 Å². The highest BCUT2D eigenvalue weighted by atomic mass is 19.3. The van der Waals surface area contributed by atoms with Crippen molar-refractivity contribution >= 4 is 33.7 Å². The Hall–Kier alpha value is -3.31. The van der Waals surface area contributed by atoms with Gasteiger partial charge in [-0.2, -0.15) is 13.9 Å². The lowest BCUT2D eigenvalue weighted by molar-refractivity contribution is 0.142. The summed E-state index contributed by atoms with van der Waals surface area (Å²) in [5.74, 6) is -0.150. The lowest BCUT2D eigenvalue weighted by Crippen LogP contribution is -2.52. The SMILES string of the molecule is CCCN1CCC[C@@]1(C)CCCc1nc2c(c(N3CC4CCC(C3)N4)n1)CC(F)C(c1c(C(F)=C(F)F)c(C)cc3[nH]ncc13)=C2C. The molecule has 47 heavy (non-hydrogen) atoms. The first kappa shape index (κ1) is 32.2. The van der Waals surface area contributed by atoms with Crippen molar-refractivity contribution in [2.45, 2.75) is 109 Å². The van der Waals surface area contributed by atoms with Crippen LogP contribution in [0, 0.1) is 6.92 Å². The van der Waals surface area contributed by atoms with Gasteiger partial charge in [-0.1, -0.05) is 6.92 Å². The Bertz CT molecular complexity index is 1730. The monoisotopic (exact) mass is 651 g/mol. The Balaban J connectivity index is 1.33. The zero-order valence-electron chi connectivity index (χ0n) is 27.8. The molecule has 252 valence electrons. The van der Waals surface area contributed by atoms with Crippen molar-refractivity contribution in [3.05, 3.63) is 52.1 Å². The molecular weight excluding hydrogens is 606 g/mol. The number of likely N-dealkylation sites (tertiary alicyclic amines) is 1. The molecule has 3 aliphatic heterocycles. The highest BCUT2D eigenvalue weighted by molar-refractivity contribution is 6.06. The van der Waals surface area contributed by atoms with Crippen LogP contribution in [0.25, 0.3) is 27.9 Å². The Morgan fingerprint density at radius 1 is 1.11 bits per heavy atom. The molecule has 4 aliphatic rings. The van der Waals surface area contributed by atoms with Gasteiger partial charge in [-0.05, 0) is 96.0 Å². The number of aryl methyl sites for hydroxylation is 2. The van der Waals surface area contributed by atoms with Crippen molar-refractivity contribution in [2.75, 3.05) is 31.1 Å². The van der Waals surface area contributed by atoms with Crippen LogP contribution in [0.3, 0.4) is 0 Å². The average Bonchev–Trinajstić information content (AvgIpc) is 3.75. The quantitative estimate of drug-likeness (QED) is 0.233. The first-order valence-corrected chi connectivity index (χ1v) is 17.3. The number of anilines is 1. The van der Waals surface area contributed by atoms with E-state index in [2.05, 4.69) is 39.2 Å². The van der Waals surface area contributed by atoms with Crippen LogP contribution >= 0.6 is 0 Å². The van der Waals surface area contributed by atoms with Crippen LogP contribution in [-0.4, -0.2) is 75.0 Å². The number of nitrogens with zero attached hydrogens (tertiary/aromatic N) is 5. The molecule has 3 saturated heterocycles. The summed E-state index contributed by atoms with van der Waals surface area (Å²) in [6, 6.07) is 2.30. The first-order chi connectivity index (χ1) is 22.6. The highest BCUT2D eigenvalue weighted by Gasteiger charge is 2.39. The molecule has 2 aromatic heterocycles. The number of halogens is 4. The molecule has 3 aromatic rings. The van der Waals surface area contributed by atoms with E-state index in [4.69, 9.17) is 9.97 Å². The van der Waals surface area contributed by atoms with E-state index >= 15 is 8.78 Å². The Kier molecular flexibility index (Phi) is 8.66. The van der Waals surface area contributed by atoms with Crippen molar-refractivity contribution in [2.24, 2.45) is 0 Å². The fraction of sp³-hybridized carbons (Fsp3) is 0.583. The molecule has 1 aliphatic carbocycles. The predicted molar refractivity (Wildman–Crippen MR) is 179 cm³/mol. The van der Waals surface area contributed by atoms with Crippen molar-refractivity contribution in [3.63, 3.8) is 0 Å². The smallest absolute Gasteiger partial charge is 0.306 e. The van der Waals surface area contributed by atoms with Crippen LogP contribution in [0.1, 0.15) is 99.5 Å². The van der Waals surface area contributed by atoms with E-state index in [1.165, 1.54) is 19.0 Å². The second-order valence-electron chi connectivity index (χ2n) is 14.3. The van der Waals surface area contributed by atoms with Crippen molar-refractivity contribution in [1.82, 2.24) is 30.4 Å². The third kappa shape index (κ3) is 5.77. The number of rotatable bonds is 9. The molecule has 0 spiro atoms. The molecule has 0 amide bonds. The van der Waals surface area contributed by atoms with Gasteiger partial charge in [0.05, 0.1) is 17.4 Å². The third-order valence-electron chi connectivity index (χ3n) is 11.1. The molecule has 5 heterocycles. The van der Waals surface area contributed by atoms with E-state index in [0.717, 1.165) is 69.7 Å². The van der Waals surface area contributed by atoms with Crippen molar-refractivity contribution in [1.29, 1.82) is 0 Å². The maximum absolute atomic E-state index is 16.7.